The number of nitrogens with zero attached hydrogens (tertiary/aromatic N) is 1. The van der Waals surface area contributed by atoms with Crippen LogP contribution in [0.15, 0.2) is 36.5 Å². The van der Waals surface area contributed by atoms with Crippen LogP contribution in [0.4, 0.5) is 4.79 Å². The third kappa shape index (κ3) is 4.07. The number of hydrogen-bond acceptors (Lipinski definition) is 5. The number of ether oxygens (including phenoxy) is 3. The zero-order chi connectivity index (χ0) is 16.8. The number of pyridine rings is 1. The minimum absolute atomic E-state index is 0.249. The fourth-order valence-electron chi connectivity index (χ4n) is 2.30. The molecule has 0 fully saturated rings. The van der Waals surface area contributed by atoms with Crippen molar-refractivity contribution in [3.63, 3.8) is 0 Å². The molecule has 2 heterocycles. The van der Waals surface area contributed by atoms with Gasteiger partial charge in [0.05, 0.1) is 7.11 Å². The van der Waals surface area contributed by atoms with Crippen LogP contribution in [0.3, 0.4) is 0 Å². The Labute approximate surface area is 139 Å². The quantitative estimate of drug-likeness (QED) is 0.875. The third-order valence-electron chi connectivity index (χ3n) is 3.52. The predicted octanol–water partition coefficient (Wildman–Crippen LogP) is 1.86. The number of hydrogen-bond donors (Lipinski definition) is 2. The van der Waals surface area contributed by atoms with Gasteiger partial charge in [-0.05, 0) is 29.3 Å². The molecule has 0 spiro atoms. The molecule has 7 nitrogen and oxygen atoms in total. The minimum Gasteiger partial charge on any atom is -0.486 e. The van der Waals surface area contributed by atoms with E-state index < -0.39 is 0 Å². The van der Waals surface area contributed by atoms with Crippen LogP contribution in [0, 0.1) is 0 Å². The lowest BCUT2D eigenvalue weighted by atomic mass is 10.2. The van der Waals surface area contributed by atoms with Gasteiger partial charge < -0.3 is 24.8 Å². The number of benzene rings is 1. The standard InChI is InChI=1S/C17H19N3O4/c1-22-16-9-13(4-5-18-16)11-20-17(21)19-10-12-2-3-14-15(8-12)24-7-6-23-14/h2-5,8-9H,6-7,10-11H2,1H3,(H2,19,20,21). The minimum atomic E-state index is -0.249. The second kappa shape index (κ2) is 7.54. The van der Waals surface area contributed by atoms with Crippen LogP contribution in [0.2, 0.25) is 0 Å². The molecule has 1 aliphatic heterocycles. The monoisotopic (exact) mass is 329 g/mol. The van der Waals surface area contributed by atoms with Crippen molar-refractivity contribution >= 4 is 6.03 Å². The molecule has 3 rings (SSSR count). The zero-order valence-corrected chi connectivity index (χ0v) is 13.4. The highest BCUT2D eigenvalue weighted by Crippen LogP contribution is 2.30. The highest BCUT2D eigenvalue weighted by atomic mass is 16.6. The van der Waals surface area contributed by atoms with Gasteiger partial charge in [0.2, 0.25) is 5.88 Å². The fraction of sp³-hybridized carbons (Fsp3) is 0.294. The Kier molecular flexibility index (Phi) is 5.00. The Hall–Kier alpha value is -2.96. The van der Waals surface area contributed by atoms with Gasteiger partial charge in [0.15, 0.2) is 11.5 Å². The van der Waals surface area contributed by atoms with Crippen LogP contribution < -0.4 is 24.8 Å². The number of amides is 2. The SMILES string of the molecule is COc1cc(CNC(=O)NCc2ccc3c(c2)OCCO3)ccn1. The molecule has 1 aliphatic rings. The Morgan fingerprint density at radius 2 is 1.79 bits per heavy atom. The van der Waals surface area contributed by atoms with Gasteiger partial charge in [0.1, 0.15) is 13.2 Å². The van der Waals surface area contributed by atoms with E-state index in [1.807, 2.05) is 24.3 Å². The van der Waals surface area contributed by atoms with E-state index in [4.69, 9.17) is 14.2 Å². The molecule has 2 N–H and O–H groups in total. The summed E-state index contributed by atoms with van der Waals surface area (Å²) < 4.78 is 16.0. The van der Waals surface area contributed by atoms with Crippen molar-refractivity contribution in [2.45, 2.75) is 13.1 Å². The van der Waals surface area contributed by atoms with Gasteiger partial charge in [-0.3, -0.25) is 0 Å². The van der Waals surface area contributed by atoms with Crippen molar-refractivity contribution in [2.75, 3.05) is 20.3 Å². The highest BCUT2D eigenvalue weighted by Gasteiger charge is 2.12. The lowest BCUT2D eigenvalue weighted by molar-refractivity contribution is 0.171. The van der Waals surface area contributed by atoms with Gasteiger partial charge in [0.25, 0.3) is 0 Å². The lowest BCUT2D eigenvalue weighted by Gasteiger charge is -2.19. The number of nitrogens with one attached hydrogen (secondary N) is 2. The van der Waals surface area contributed by atoms with Crippen molar-refractivity contribution in [2.24, 2.45) is 0 Å². The first-order chi connectivity index (χ1) is 11.7. The number of carbonyl (C=O) groups is 1. The smallest absolute Gasteiger partial charge is 0.315 e. The van der Waals surface area contributed by atoms with Crippen molar-refractivity contribution in [1.82, 2.24) is 15.6 Å². The van der Waals surface area contributed by atoms with Crippen LogP contribution in [-0.2, 0) is 13.1 Å². The van der Waals surface area contributed by atoms with Gasteiger partial charge in [0, 0.05) is 25.4 Å². The summed E-state index contributed by atoms with van der Waals surface area (Å²) in [7, 11) is 1.56. The second-order valence-electron chi connectivity index (χ2n) is 5.22. The van der Waals surface area contributed by atoms with Crippen LogP contribution in [0.1, 0.15) is 11.1 Å². The number of urea groups is 1. The largest absolute Gasteiger partial charge is 0.486 e. The topological polar surface area (TPSA) is 81.7 Å². The molecule has 0 unspecified atom stereocenters. The summed E-state index contributed by atoms with van der Waals surface area (Å²) in [5.41, 5.74) is 1.86. The molecule has 2 aromatic rings. The molecule has 7 heteroatoms. The summed E-state index contributed by atoms with van der Waals surface area (Å²) in [6, 6.07) is 8.99. The molecule has 1 aromatic carbocycles. The third-order valence-corrected chi connectivity index (χ3v) is 3.52. The van der Waals surface area contributed by atoms with E-state index in [0.717, 1.165) is 16.9 Å². The van der Waals surface area contributed by atoms with E-state index in [1.165, 1.54) is 0 Å². The van der Waals surface area contributed by atoms with Crippen molar-refractivity contribution in [3.8, 4) is 17.4 Å². The van der Waals surface area contributed by atoms with E-state index >= 15 is 0 Å². The summed E-state index contributed by atoms with van der Waals surface area (Å²) in [6.45, 7) is 1.90. The van der Waals surface area contributed by atoms with E-state index in [0.29, 0.717) is 37.9 Å². The number of rotatable bonds is 5. The Bertz CT molecular complexity index is 721. The number of aromatic nitrogens is 1. The predicted molar refractivity (Wildman–Crippen MR) is 87.3 cm³/mol. The van der Waals surface area contributed by atoms with Crippen LogP contribution >= 0.6 is 0 Å². The molecule has 126 valence electrons. The molecule has 0 radical (unpaired) electrons. The number of methoxy groups -OCH3 is 1. The molecule has 2 amide bonds. The maximum absolute atomic E-state index is 11.9. The van der Waals surface area contributed by atoms with Crippen LogP contribution in [-0.4, -0.2) is 31.3 Å². The molecule has 0 saturated carbocycles. The molecule has 0 saturated heterocycles. The average Bonchev–Trinajstić information content (AvgIpc) is 2.64. The van der Waals surface area contributed by atoms with Gasteiger partial charge in [-0.1, -0.05) is 6.07 Å². The van der Waals surface area contributed by atoms with Crippen molar-refractivity contribution in [3.05, 3.63) is 47.7 Å². The van der Waals surface area contributed by atoms with E-state index in [-0.39, 0.29) is 6.03 Å². The summed E-state index contributed by atoms with van der Waals surface area (Å²) in [5, 5.41) is 5.60. The maximum Gasteiger partial charge on any atom is 0.315 e. The molecule has 1 aromatic heterocycles. The van der Waals surface area contributed by atoms with Gasteiger partial charge in [-0.25, -0.2) is 9.78 Å². The van der Waals surface area contributed by atoms with Gasteiger partial charge in [-0.15, -0.1) is 0 Å². The van der Waals surface area contributed by atoms with Gasteiger partial charge >= 0.3 is 6.03 Å². The number of carbonyl (C=O) groups excluding carboxylic acids is 1. The fourth-order valence-corrected chi connectivity index (χ4v) is 2.30. The lowest BCUT2D eigenvalue weighted by Crippen LogP contribution is -2.34. The molecule has 24 heavy (non-hydrogen) atoms. The van der Waals surface area contributed by atoms with Crippen LogP contribution in [0.25, 0.3) is 0 Å². The normalized spacial score (nSPS) is 12.4. The zero-order valence-electron chi connectivity index (χ0n) is 13.4. The Balaban J connectivity index is 1.48. The average molecular weight is 329 g/mol. The second-order valence-corrected chi connectivity index (χ2v) is 5.22. The van der Waals surface area contributed by atoms with Crippen molar-refractivity contribution < 1.29 is 19.0 Å². The first-order valence-corrected chi connectivity index (χ1v) is 7.64. The highest BCUT2D eigenvalue weighted by molar-refractivity contribution is 5.73. The van der Waals surface area contributed by atoms with E-state index in [1.54, 1.807) is 19.4 Å². The maximum atomic E-state index is 11.9. The van der Waals surface area contributed by atoms with Crippen LogP contribution in [0.5, 0.6) is 17.4 Å². The summed E-state index contributed by atoms with van der Waals surface area (Å²) in [4.78, 5) is 15.9. The summed E-state index contributed by atoms with van der Waals surface area (Å²) in [5.74, 6) is 1.97. The Morgan fingerprint density at radius 3 is 2.54 bits per heavy atom. The molecular formula is C17H19N3O4. The molecular weight excluding hydrogens is 310 g/mol. The molecule has 0 atom stereocenters. The first-order valence-electron chi connectivity index (χ1n) is 7.64. The Morgan fingerprint density at radius 1 is 1.08 bits per heavy atom. The first kappa shape index (κ1) is 15.9. The number of fused-ring (bicyclic) bond motifs is 1. The van der Waals surface area contributed by atoms with E-state index in [2.05, 4.69) is 15.6 Å². The molecule has 0 aliphatic carbocycles. The van der Waals surface area contributed by atoms with Crippen molar-refractivity contribution in [1.29, 1.82) is 0 Å². The summed E-state index contributed by atoms with van der Waals surface area (Å²) >= 11 is 0. The van der Waals surface area contributed by atoms with E-state index in [9.17, 15) is 4.79 Å². The van der Waals surface area contributed by atoms with Gasteiger partial charge in [-0.2, -0.15) is 0 Å². The molecule has 0 bridgehead atoms. The summed E-state index contributed by atoms with van der Waals surface area (Å²) in [6.07, 6.45) is 1.64.